The number of likely N-dealkylation sites (N-methyl/N-ethyl adjacent to an activating group) is 1. The third kappa shape index (κ3) is 1.53. The van der Waals surface area contributed by atoms with Gasteiger partial charge in [0.05, 0.1) is 6.10 Å². The monoisotopic (exact) mass is 181 g/mol. The number of aliphatic hydroxyl groups excluding tert-OH is 1. The minimum atomic E-state index is -0.260. The van der Waals surface area contributed by atoms with Crippen molar-refractivity contribution in [3.8, 4) is 0 Å². The summed E-state index contributed by atoms with van der Waals surface area (Å²) in [6.45, 7) is 1.89. The van der Waals surface area contributed by atoms with Crippen molar-refractivity contribution < 1.29 is 5.11 Å². The molecule has 2 bridgehead atoms. The Morgan fingerprint density at radius 1 is 1.46 bits per heavy atom. The molecule has 0 amide bonds. The second-order valence-corrected chi connectivity index (χ2v) is 4.37. The molecule has 1 fully saturated rings. The Kier molecular flexibility index (Phi) is 2.43. The van der Waals surface area contributed by atoms with Crippen LogP contribution in [-0.4, -0.2) is 35.2 Å². The number of rotatable bonds is 1. The van der Waals surface area contributed by atoms with Gasteiger partial charge >= 0.3 is 0 Å². The lowest BCUT2D eigenvalue weighted by Crippen LogP contribution is -2.34. The van der Waals surface area contributed by atoms with E-state index in [-0.39, 0.29) is 6.10 Å². The molecular weight excluding hydrogens is 162 g/mol. The molecule has 0 saturated carbocycles. The molecule has 2 aliphatic rings. The third-order valence-corrected chi connectivity index (χ3v) is 3.59. The largest absolute Gasteiger partial charge is 0.389 e. The Morgan fingerprint density at radius 2 is 2.23 bits per heavy atom. The maximum absolute atomic E-state index is 9.64. The van der Waals surface area contributed by atoms with Crippen LogP contribution in [0.15, 0.2) is 11.6 Å². The molecule has 2 heterocycles. The summed E-state index contributed by atoms with van der Waals surface area (Å²) in [4.78, 5) is 2.45. The zero-order valence-electron chi connectivity index (χ0n) is 8.53. The normalized spacial score (nSPS) is 37.0. The Labute approximate surface area is 80.2 Å². The lowest BCUT2D eigenvalue weighted by molar-refractivity contribution is 0.192. The number of aliphatic hydroxyl groups is 1. The first kappa shape index (κ1) is 9.22. The highest BCUT2D eigenvalue weighted by Gasteiger charge is 2.35. The van der Waals surface area contributed by atoms with Gasteiger partial charge in [-0.25, -0.2) is 0 Å². The van der Waals surface area contributed by atoms with Crippen molar-refractivity contribution in [1.29, 1.82) is 0 Å². The van der Waals surface area contributed by atoms with Crippen LogP contribution in [0.3, 0.4) is 0 Å². The van der Waals surface area contributed by atoms with Crippen LogP contribution in [0, 0.1) is 0 Å². The quantitative estimate of drug-likeness (QED) is 0.620. The number of hydrogen-bond acceptors (Lipinski definition) is 2. The molecule has 2 rings (SSSR count). The van der Waals surface area contributed by atoms with Gasteiger partial charge in [-0.2, -0.15) is 0 Å². The van der Waals surface area contributed by atoms with Crippen LogP contribution >= 0.6 is 0 Å². The highest BCUT2D eigenvalue weighted by molar-refractivity contribution is 5.19. The lowest BCUT2D eigenvalue weighted by atomic mass is 9.96. The van der Waals surface area contributed by atoms with Gasteiger partial charge in [-0.05, 0) is 45.2 Å². The van der Waals surface area contributed by atoms with E-state index in [0.717, 1.165) is 12.5 Å². The second-order valence-electron chi connectivity index (χ2n) is 4.37. The van der Waals surface area contributed by atoms with Crippen molar-refractivity contribution in [1.82, 2.24) is 4.90 Å². The summed E-state index contributed by atoms with van der Waals surface area (Å²) in [6.07, 6.45) is 6.95. The molecule has 1 N–H and O–H groups in total. The summed E-state index contributed by atoms with van der Waals surface area (Å²) in [5.74, 6) is 0. The number of fused-ring (bicyclic) bond motifs is 2. The van der Waals surface area contributed by atoms with E-state index in [1.807, 2.05) is 6.92 Å². The van der Waals surface area contributed by atoms with E-state index < -0.39 is 0 Å². The summed E-state index contributed by atoms with van der Waals surface area (Å²) in [6, 6.07) is 1.28. The van der Waals surface area contributed by atoms with Crippen LogP contribution in [0.2, 0.25) is 0 Å². The average Bonchev–Trinajstić information content (AvgIpc) is 2.26. The van der Waals surface area contributed by atoms with Crippen LogP contribution in [-0.2, 0) is 0 Å². The summed E-state index contributed by atoms with van der Waals surface area (Å²) in [7, 11) is 2.20. The van der Waals surface area contributed by atoms with Crippen LogP contribution in [0.4, 0.5) is 0 Å². The van der Waals surface area contributed by atoms with E-state index in [2.05, 4.69) is 18.0 Å². The van der Waals surface area contributed by atoms with Gasteiger partial charge in [-0.1, -0.05) is 6.08 Å². The zero-order chi connectivity index (χ0) is 9.42. The molecular formula is C11H19NO. The van der Waals surface area contributed by atoms with Gasteiger partial charge in [-0.3, -0.25) is 4.90 Å². The molecule has 0 aromatic heterocycles. The minimum Gasteiger partial charge on any atom is -0.389 e. The van der Waals surface area contributed by atoms with Gasteiger partial charge in [0.15, 0.2) is 0 Å². The van der Waals surface area contributed by atoms with Crippen molar-refractivity contribution >= 4 is 0 Å². The van der Waals surface area contributed by atoms with Crippen molar-refractivity contribution in [2.24, 2.45) is 0 Å². The highest BCUT2D eigenvalue weighted by atomic mass is 16.3. The summed E-state index contributed by atoms with van der Waals surface area (Å²) < 4.78 is 0. The standard InChI is InChI=1S/C11H19NO/c1-8(13)10-5-3-4-9-6-7-11(10)12(9)2/h5,8-9,11,13H,3-4,6-7H2,1-2H3/t8-,9+,11+/m0/s1. The minimum absolute atomic E-state index is 0.260. The molecule has 0 unspecified atom stereocenters. The van der Waals surface area contributed by atoms with Crippen LogP contribution in [0.5, 0.6) is 0 Å². The molecule has 0 aromatic carbocycles. The van der Waals surface area contributed by atoms with E-state index in [9.17, 15) is 5.11 Å². The maximum Gasteiger partial charge on any atom is 0.0737 e. The van der Waals surface area contributed by atoms with Crippen molar-refractivity contribution in [2.45, 2.75) is 50.8 Å². The topological polar surface area (TPSA) is 23.5 Å². The summed E-state index contributed by atoms with van der Waals surface area (Å²) >= 11 is 0. The van der Waals surface area contributed by atoms with E-state index in [1.165, 1.54) is 24.8 Å². The Morgan fingerprint density at radius 3 is 2.92 bits per heavy atom. The molecule has 13 heavy (non-hydrogen) atoms. The molecule has 74 valence electrons. The molecule has 0 radical (unpaired) electrons. The first-order valence-electron chi connectivity index (χ1n) is 5.30. The van der Waals surface area contributed by atoms with Crippen LogP contribution < -0.4 is 0 Å². The predicted octanol–water partition coefficient (Wildman–Crippen LogP) is 1.55. The van der Waals surface area contributed by atoms with Crippen LogP contribution in [0.1, 0.15) is 32.6 Å². The fourth-order valence-corrected chi connectivity index (χ4v) is 2.79. The van der Waals surface area contributed by atoms with Crippen molar-refractivity contribution in [3.05, 3.63) is 11.6 Å². The Balaban J connectivity index is 2.22. The SMILES string of the molecule is C[C@H](O)C1=CCC[C@@H]2CC[C@H]1N2C. The molecule has 3 atom stereocenters. The number of allylic oxidation sites excluding steroid dienone is 1. The summed E-state index contributed by atoms with van der Waals surface area (Å²) in [5, 5.41) is 9.64. The molecule has 2 aliphatic heterocycles. The van der Waals surface area contributed by atoms with E-state index >= 15 is 0 Å². The molecule has 2 nitrogen and oxygen atoms in total. The first-order chi connectivity index (χ1) is 6.20. The van der Waals surface area contributed by atoms with Gasteiger partial charge in [0.25, 0.3) is 0 Å². The number of nitrogens with zero attached hydrogens (tertiary/aromatic N) is 1. The fraction of sp³-hybridized carbons (Fsp3) is 0.818. The highest BCUT2D eigenvalue weighted by Crippen LogP contribution is 2.34. The smallest absolute Gasteiger partial charge is 0.0737 e. The van der Waals surface area contributed by atoms with E-state index in [0.29, 0.717) is 6.04 Å². The van der Waals surface area contributed by atoms with E-state index in [4.69, 9.17) is 0 Å². The van der Waals surface area contributed by atoms with Crippen molar-refractivity contribution in [3.63, 3.8) is 0 Å². The van der Waals surface area contributed by atoms with Crippen molar-refractivity contribution in [2.75, 3.05) is 7.05 Å². The van der Waals surface area contributed by atoms with Gasteiger partial charge in [-0.15, -0.1) is 0 Å². The second kappa shape index (κ2) is 3.43. The zero-order valence-corrected chi connectivity index (χ0v) is 8.53. The van der Waals surface area contributed by atoms with Gasteiger partial charge in [0.2, 0.25) is 0 Å². The number of hydrogen-bond donors (Lipinski definition) is 1. The Bertz CT molecular complexity index is 222. The lowest BCUT2D eigenvalue weighted by Gasteiger charge is -2.26. The van der Waals surface area contributed by atoms with Gasteiger partial charge in [0.1, 0.15) is 0 Å². The van der Waals surface area contributed by atoms with Gasteiger partial charge in [0, 0.05) is 12.1 Å². The predicted molar refractivity (Wildman–Crippen MR) is 53.6 cm³/mol. The first-order valence-corrected chi connectivity index (χ1v) is 5.30. The molecule has 0 aliphatic carbocycles. The molecule has 0 spiro atoms. The summed E-state index contributed by atoms with van der Waals surface area (Å²) in [5.41, 5.74) is 1.25. The molecule has 1 saturated heterocycles. The van der Waals surface area contributed by atoms with Gasteiger partial charge < -0.3 is 5.11 Å². The average molecular weight is 181 g/mol. The van der Waals surface area contributed by atoms with E-state index in [1.54, 1.807) is 0 Å². The molecule has 2 heteroatoms. The fourth-order valence-electron chi connectivity index (χ4n) is 2.79. The molecule has 0 aromatic rings. The maximum atomic E-state index is 9.64. The Hall–Kier alpha value is -0.340. The third-order valence-electron chi connectivity index (χ3n) is 3.59. The van der Waals surface area contributed by atoms with Crippen LogP contribution in [0.25, 0.3) is 0 Å².